The maximum absolute atomic E-state index is 13.7. The van der Waals surface area contributed by atoms with Gasteiger partial charge in [-0.05, 0) is 36.6 Å². The first-order valence-corrected chi connectivity index (χ1v) is 11.6. The average Bonchev–Trinajstić information content (AvgIpc) is 3.42. The summed E-state index contributed by atoms with van der Waals surface area (Å²) in [6, 6.07) is 10.0. The molecule has 1 aromatic heterocycles. The molecule has 0 spiro atoms. The number of rotatable bonds is 7. The second-order valence-electron chi connectivity index (χ2n) is 8.58. The normalized spacial score (nSPS) is 16.1. The molecular weight excluding hydrogens is 463 g/mol. The van der Waals surface area contributed by atoms with Gasteiger partial charge in [0.1, 0.15) is 11.3 Å². The fraction of sp³-hybridized carbons (Fsp3) is 0.440. The van der Waals surface area contributed by atoms with Crippen LogP contribution in [0.1, 0.15) is 43.4 Å². The third-order valence-corrected chi connectivity index (χ3v) is 6.33. The monoisotopic (exact) mass is 491 g/mol. The van der Waals surface area contributed by atoms with Crippen LogP contribution in [0.2, 0.25) is 0 Å². The van der Waals surface area contributed by atoms with E-state index >= 15 is 0 Å². The Balaban J connectivity index is 1.74. The van der Waals surface area contributed by atoms with Crippen LogP contribution >= 0.6 is 0 Å². The summed E-state index contributed by atoms with van der Waals surface area (Å²) in [6.45, 7) is 2.78. The smallest absolute Gasteiger partial charge is 0.416 e. The van der Waals surface area contributed by atoms with Crippen LogP contribution in [-0.2, 0) is 17.5 Å². The first-order valence-electron chi connectivity index (χ1n) is 11.6. The van der Waals surface area contributed by atoms with Crippen molar-refractivity contribution in [2.75, 3.05) is 26.8 Å². The Bertz CT molecular complexity index is 1270. The zero-order valence-electron chi connectivity index (χ0n) is 19.7. The summed E-state index contributed by atoms with van der Waals surface area (Å²) >= 11 is 0. The Morgan fingerprint density at radius 1 is 1.14 bits per heavy atom. The molecule has 0 bridgehead atoms. The van der Waals surface area contributed by atoms with Crippen LogP contribution in [0.5, 0.6) is 5.75 Å². The van der Waals surface area contributed by atoms with Gasteiger partial charge in [-0.3, -0.25) is 9.13 Å². The molecule has 1 fully saturated rings. The SMILES string of the molecule is CCCCOC(=O)N1CC[C@@H](n2c(=O)n(Cc3ccccc3C(F)(F)F)c3c(OC)cccc32)C1. The van der Waals surface area contributed by atoms with Gasteiger partial charge >= 0.3 is 18.0 Å². The van der Waals surface area contributed by atoms with E-state index in [4.69, 9.17) is 9.47 Å². The van der Waals surface area contributed by atoms with Crippen LogP contribution in [-0.4, -0.2) is 46.9 Å². The van der Waals surface area contributed by atoms with E-state index in [2.05, 4.69) is 0 Å². The number of carbonyl (C=O) groups excluding carboxylic acids is 1. The minimum Gasteiger partial charge on any atom is -0.494 e. The van der Waals surface area contributed by atoms with Crippen molar-refractivity contribution in [3.63, 3.8) is 0 Å². The molecule has 7 nitrogen and oxygen atoms in total. The molecule has 1 atom stereocenters. The number of aromatic nitrogens is 2. The van der Waals surface area contributed by atoms with Crippen molar-refractivity contribution in [1.29, 1.82) is 0 Å². The lowest BCUT2D eigenvalue weighted by Crippen LogP contribution is -2.32. The number of hydrogen-bond acceptors (Lipinski definition) is 4. The Labute approximate surface area is 200 Å². The highest BCUT2D eigenvalue weighted by atomic mass is 19.4. The number of para-hydroxylation sites is 1. The summed E-state index contributed by atoms with van der Waals surface area (Å²) in [5.41, 5.74) is -0.289. The van der Waals surface area contributed by atoms with Gasteiger partial charge in [0.2, 0.25) is 0 Å². The molecule has 1 aliphatic rings. The van der Waals surface area contributed by atoms with E-state index in [-0.39, 0.29) is 24.7 Å². The van der Waals surface area contributed by atoms with Gasteiger partial charge in [-0.15, -0.1) is 0 Å². The molecule has 1 aliphatic heterocycles. The van der Waals surface area contributed by atoms with Gasteiger partial charge in [-0.2, -0.15) is 13.2 Å². The fourth-order valence-corrected chi connectivity index (χ4v) is 4.59. The van der Waals surface area contributed by atoms with Gasteiger partial charge < -0.3 is 14.4 Å². The van der Waals surface area contributed by atoms with Crippen LogP contribution in [0.25, 0.3) is 11.0 Å². The molecule has 2 heterocycles. The van der Waals surface area contributed by atoms with Crippen LogP contribution in [0.15, 0.2) is 47.3 Å². The number of nitrogens with zero attached hydrogens (tertiary/aromatic N) is 3. The summed E-state index contributed by atoms with van der Waals surface area (Å²) < 4.78 is 54.5. The molecule has 1 saturated heterocycles. The molecule has 35 heavy (non-hydrogen) atoms. The molecule has 0 N–H and O–H groups in total. The van der Waals surface area contributed by atoms with Gasteiger partial charge in [0.05, 0.1) is 37.4 Å². The number of unbranched alkanes of at least 4 members (excludes halogenated alkanes) is 1. The van der Waals surface area contributed by atoms with Gasteiger partial charge in [-0.1, -0.05) is 37.6 Å². The average molecular weight is 492 g/mol. The number of amides is 1. The molecule has 2 aromatic carbocycles. The van der Waals surface area contributed by atoms with Crippen LogP contribution in [0.4, 0.5) is 18.0 Å². The quantitative estimate of drug-likeness (QED) is 0.434. The molecule has 188 valence electrons. The number of fused-ring (bicyclic) bond motifs is 1. The third-order valence-electron chi connectivity index (χ3n) is 6.33. The van der Waals surface area contributed by atoms with Crippen molar-refractivity contribution >= 4 is 17.1 Å². The molecule has 0 aliphatic carbocycles. The van der Waals surface area contributed by atoms with Gasteiger partial charge in [0.15, 0.2) is 0 Å². The standard InChI is InChI=1S/C25H28F3N3O4/c1-3-4-14-35-24(33)29-13-12-18(16-29)31-20-10-7-11-21(34-2)22(20)30(23(31)32)15-17-8-5-6-9-19(17)25(26,27)28/h5-11,18H,3-4,12-16H2,1-2H3/t18-/m1/s1. The molecule has 10 heteroatoms. The van der Waals surface area contributed by atoms with E-state index in [1.807, 2.05) is 6.92 Å². The van der Waals surface area contributed by atoms with E-state index in [9.17, 15) is 22.8 Å². The number of methoxy groups -OCH3 is 1. The van der Waals surface area contributed by atoms with Crippen LogP contribution < -0.4 is 10.4 Å². The summed E-state index contributed by atoms with van der Waals surface area (Å²) in [6.07, 6.45) is -2.76. The number of hydrogen-bond donors (Lipinski definition) is 0. The molecule has 4 rings (SSSR count). The zero-order valence-corrected chi connectivity index (χ0v) is 19.7. The lowest BCUT2D eigenvalue weighted by atomic mass is 10.1. The minimum atomic E-state index is -4.55. The predicted octanol–water partition coefficient (Wildman–Crippen LogP) is 5.06. The Morgan fingerprint density at radius 2 is 1.91 bits per heavy atom. The van der Waals surface area contributed by atoms with Crippen molar-refractivity contribution in [3.8, 4) is 5.75 Å². The summed E-state index contributed by atoms with van der Waals surface area (Å²) in [5.74, 6) is 0.386. The molecule has 3 aromatic rings. The third kappa shape index (κ3) is 4.87. The van der Waals surface area contributed by atoms with Gasteiger partial charge in [0, 0.05) is 13.1 Å². The van der Waals surface area contributed by atoms with E-state index < -0.39 is 23.5 Å². The fourth-order valence-electron chi connectivity index (χ4n) is 4.59. The molecule has 0 radical (unpaired) electrons. The van der Waals surface area contributed by atoms with Crippen molar-refractivity contribution in [2.45, 2.75) is 44.9 Å². The highest BCUT2D eigenvalue weighted by Crippen LogP contribution is 2.34. The number of benzene rings is 2. The summed E-state index contributed by atoms with van der Waals surface area (Å²) in [7, 11) is 1.45. The Hall–Kier alpha value is -3.43. The number of ether oxygens (including phenoxy) is 2. The Kier molecular flexibility index (Phi) is 7.09. The van der Waals surface area contributed by atoms with Crippen LogP contribution in [0.3, 0.4) is 0 Å². The highest BCUT2D eigenvalue weighted by Gasteiger charge is 2.35. The van der Waals surface area contributed by atoms with Crippen LogP contribution in [0, 0.1) is 0 Å². The highest BCUT2D eigenvalue weighted by molar-refractivity contribution is 5.83. The van der Waals surface area contributed by atoms with E-state index in [0.29, 0.717) is 36.4 Å². The largest absolute Gasteiger partial charge is 0.494 e. The maximum Gasteiger partial charge on any atom is 0.416 e. The van der Waals surface area contributed by atoms with Crippen molar-refractivity contribution in [3.05, 3.63) is 64.1 Å². The lowest BCUT2D eigenvalue weighted by molar-refractivity contribution is -0.138. The second kappa shape index (κ2) is 10.1. The topological polar surface area (TPSA) is 65.7 Å². The molecular formula is C25H28F3N3O4. The molecule has 1 amide bonds. The van der Waals surface area contributed by atoms with Crippen molar-refractivity contribution < 1.29 is 27.4 Å². The van der Waals surface area contributed by atoms with E-state index in [1.54, 1.807) is 27.7 Å². The lowest BCUT2D eigenvalue weighted by Gasteiger charge is -2.17. The van der Waals surface area contributed by atoms with Gasteiger partial charge in [0.25, 0.3) is 0 Å². The zero-order chi connectivity index (χ0) is 25.2. The number of carbonyl (C=O) groups is 1. The van der Waals surface area contributed by atoms with E-state index in [1.165, 1.54) is 29.9 Å². The number of alkyl halides is 3. The summed E-state index contributed by atoms with van der Waals surface area (Å²) in [5, 5.41) is 0. The predicted molar refractivity (Wildman–Crippen MR) is 125 cm³/mol. The number of likely N-dealkylation sites (tertiary alicyclic amines) is 1. The van der Waals surface area contributed by atoms with Crippen molar-refractivity contribution in [2.24, 2.45) is 0 Å². The maximum atomic E-state index is 13.7. The minimum absolute atomic E-state index is 0.0143. The number of imidazole rings is 1. The van der Waals surface area contributed by atoms with Crippen molar-refractivity contribution in [1.82, 2.24) is 14.0 Å². The first kappa shape index (κ1) is 24.7. The number of halogens is 3. The molecule has 0 unspecified atom stereocenters. The van der Waals surface area contributed by atoms with E-state index in [0.717, 1.165) is 18.9 Å². The summed E-state index contributed by atoms with van der Waals surface area (Å²) in [4.78, 5) is 27.6. The second-order valence-corrected chi connectivity index (χ2v) is 8.58. The first-order chi connectivity index (χ1) is 16.8. The molecule has 0 saturated carbocycles. The van der Waals surface area contributed by atoms with Gasteiger partial charge in [-0.25, -0.2) is 9.59 Å². The Morgan fingerprint density at radius 3 is 2.63 bits per heavy atom.